The Morgan fingerprint density at radius 2 is 1.92 bits per heavy atom. The molecular formula is C9H20F2N2. The molecule has 0 rings (SSSR count). The van der Waals surface area contributed by atoms with Crippen molar-refractivity contribution in [2.45, 2.75) is 39.2 Å². The molecule has 0 saturated heterocycles. The summed E-state index contributed by atoms with van der Waals surface area (Å²) in [6.07, 6.45) is 0.888. The van der Waals surface area contributed by atoms with Crippen LogP contribution in [0.4, 0.5) is 8.78 Å². The van der Waals surface area contributed by atoms with Gasteiger partial charge in [-0.3, -0.25) is 4.90 Å². The lowest BCUT2D eigenvalue weighted by Crippen LogP contribution is -2.45. The van der Waals surface area contributed by atoms with E-state index in [1.54, 1.807) is 4.90 Å². The maximum absolute atomic E-state index is 12.9. The third kappa shape index (κ3) is 5.16. The summed E-state index contributed by atoms with van der Waals surface area (Å²) < 4.78 is 25.8. The highest BCUT2D eigenvalue weighted by Crippen LogP contribution is 2.15. The van der Waals surface area contributed by atoms with E-state index in [4.69, 9.17) is 5.73 Å². The van der Waals surface area contributed by atoms with E-state index in [-0.39, 0.29) is 12.6 Å². The van der Waals surface area contributed by atoms with E-state index >= 15 is 0 Å². The quantitative estimate of drug-likeness (QED) is 0.697. The van der Waals surface area contributed by atoms with Crippen molar-refractivity contribution in [1.29, 1.82) is 0 Å². The van der Waals surface area contributed by atoms with Crippen molar-refractivity contribution in [3.63, 3.8) is 0 Å². The van der Waals surface area contributed by atoms with E-state index in [1.165, 1.54) is 0 Å². The Labute approximate surface area is 79.1 Å². The van der Waals surface area contributed by atoms with Gasteiger partial charge in [-0.2, -0.15) is 0 Å². The summed E-state index contributed by atoms with van der Waals surface area (Å²) in [5, 5.41) is 0. The fourth-order valence-corrected chi connectivity index (χ4v) is 1.17. The van der Waals surface area contributed by atoms with Crippen LogP contribution in [-0.4, -0.2) is 36.5 Å². The Balaban J connectivity index is 4.08. The molecule has 0 aliphatic carbocycles. The maximum Gasteiger partial charge on any atom is 0.272 e. The Bertz CT molecular complexity index is 138. The fourth-order valence-electron chi connectivity index (χ4n) is 1.17. The van der Waals surface area contributed by atoms with Gasteiger partial charge in [0, 0.05) is 6.04 Å². The van der Waals surface area contributed by atoms with Crippen LogP contribution >= 0.6 is 0 Å². The first-order chi connectivity index (χ1) is 5.93. The Morgan fingerprint density at radius 1 is 1.38 bits per heavy atom. The molecule has 0 aliphatic heterocycles. The topological polar surface area (TPSA) is 29.3 Å². The largest absolute Gasteiger partial charge is 0.325 e. The standard InChI is InChI=1S/C9H20F2N2/c1-4-5-13(8(2)3)7-9(10,11)6-12/h8H,4-7,12H2,1-3H3. The van der Waals surface area contributed by atoms with Crippen molar-refractivity contribution in [1.82, 2.24) is 4.90 Å². The predicted molar refractivity (Wildman–Crippen MR) is 51.0 cm³/mol. The van der Waals surface area contributed by atoms with Crippen LogP contribution in [0.15, 0.2) is 0 Å². The molecule has 0 heterocycles. The minimum absolute atomic E-state index is 0.150. The summed E-state index contributed by atoms with van der Waals surface area (Å²) >= 11 is 0. The molecule has 0 fully saturated rings. The zero-order valence-electron chi connectivity index (χ0n) is 8.69. The number of alkyl halides is 2. The van der Waals surface area contributed by atoms with Gasteiger partial charge in [-0.15, -0.1) is 0 Å². The van der Waals surface area contributed by atoms with Crippen LogP contribution in [0.2, 0.25) is 0 Å². The Morgan fingerprint density at radius 3 is 2.23 bits per heavy atom. The van der Waals surface area contributed by atoms with Gasteiger partial charge in [0.1, 0.15) is 0 Å². The van der Waals surface area contributed by atoms with Crippen LogP contribution in [0.5, 0.6) is 0 Å². The van der Waals surface area contributed by atoms with E-state index in [2.05, 4.69) is 0 Å². The number of hydrogen-bond acceptors (Lipinski definition) is 2. The number of nitrogens with zero attached hydrogens (tertiary/aromatic N) is 1. The van der Waals surface area contributed by atoms with E-state index < -0.39 is 12.5 Å². The predicted octanol–water partition coefficient (Wildman–Crippen LogP) is 1.70. The summed E-state index contributed by atoms with van der Waals surface area (Å²) in [4.78, 5) is 1.76. The molecule has 0 spiro atoms. The molecule has 4 heteroatoms. The van der Waals surface area contributed by atoms with Crippen molar-refractivity contribution in [3.05, 3.63) is 0 Å². The highest BCUT2D eigenvalue weighted by atomic mass is 19.3. The van der Waals surface area contributed by atoms with Crippen molar-refractivity contribution < 1.29 is 8.78 Å². The first kappa shape index (κ1) is 12.8. The van der Waals surface area contributed by atoms with Crippen LogP contribution in [0.1, 0.15) is 27.2 Å². The minimum atomic E-state index is -2.75. The average Bonchev–Trinajstić information content (AvgIpc) is 2.03. The molecule has 0 aliphatic rings. The smallest absolute Gasteiger partial charge is 0.272 e. The Kier molecular flexibility index (Phi) is 5.40. The molecule has 80 valence electrons. The number of rotatable bonds is 6. The third-order valence-corrected chi connectivity index (χ3v) is 1.97. The van der Waals surface area contributed by atoms with E-state index in [1.807, 2.05) is 20.8 Å². The highest BCUT2D eigenvalue weighted by Gasteiger charge is 2.30. The minimum Gasteiger partial charge on any atom is -0.325 e. The second-order valence-corrected chi connectivity index (χ2v) is 3.62. The molecule has 0 amide bonds. The lowest BCUT2D eigenvalue weighted by atomic mass is 10.2. The van der Waals surface area contributed by atoms with Crippen LogP contribution in [0, 0.1) is 0 Å². The number of nitrogens with two attached hydrogens (primary N) is 1. The summed E-state index contributed by atoms with van der Waals surface area (Å²) in [6, 6.07) is 0.150. The van der Waals surface area contributed by atoms with Crippen LogP contribution in [0.3, 0.4) is 0 Å². The second kappa shape index (κ2) is 5.50. The highest BCUT2D eigenvalue weighted by molar-refractivity contribution is 4.74. The van der Waals surface area contributed by atoms with Gasteiger partial charge in [0.05, 0.1) is 13.1 Å². The third-order valence-electron chi connectivity index (χ3n) is 1.97. The van der Waals surface area contributed by atoms with Crippen LogP contribution < -0.4 is 5.73 Å². The van der Waals surface area contributed by atoms with Gasteiger partial charge < -0.3 is 5.73 Å². The fraction of sp³-hybridized carbons (Fsp3) is 1.00. The van der Waals surface area contributed by atoms with Crippen molar-refractivity contribution in [2.75, 3.05) is 19.6 Å². The maximum atomic E-state index is 12.9. The molecule has 0 radical (unpaired) electrons. The SMILES string of the molecule is CCCN(CC(F)(F)CN)C(C)C. The van der Waals surface area contributed by atoms with Gasteiger partial charge in [0.15, 0.2) is 0 Å². The zero-order valence-corrected chi connectivity index (χ0v) is 8.69. The molecule has 0 saturated carbocycles. The van der Waals surface area contributed by atoms with Gasteiger partial charge in [-0.1, -0.05) is 6.92 Å². The van der Waals surface area contributed by atoms with E-state index in [0.29, 0.717) is 6.54 Å². The lowest BCUT2D eigenvalue weighted by molar-refractivity contribution is -0.0308. The van der Waals surface area contributed by atoms with Crippen LogP contribution in [0.25, 0.3) is 0 Å². The first-order valence-electron chi connectivity index (χ1n) is 4.75. The summed E-state index contributed by atoms with van der Waals surface area (Å²) in [5.41, 5.74) is 4.97. The molecule has 0 aromatic carbocycles. The number of halogens is 2. The lowest BCUT2D eigenvalue weighted by Gasteiger charge is -2.29. The van der Waals surface area contributed by atoms with Gasteiger partial charge in [0.2, 0.25) is 0 Å². The Hall–Kier alpha value is -0.220. The summed E-state index contributed by atoms with van der Waals surface area (Å²) in [7, 11) is 0. The zero-order chi connectivity index (χ0) is 10.5. The summed E-state index contributed by atoms with van der Waals surface area (Å²) in [6.45, 7) is 5.72. The van der Waals surface area contributed by atoms with Gasteiger partial charge in [-0.25, -0.2) is 8.78 Å². The number of hydrogen-bond donors (Lipinski definition) is 1. The monoisotopic (exact) mass is 194 g/mol. The van der Waals surface area contributed by atoms with E-state index in [9.17, 15) is 8.78 Å². The van der Waals surface area contributed by atoms with Gasteiger partial charge in [0.25, 0.3) is 5.92 Å². The van der Waals surface area contributed by atoms with Gasteiger partial charge in [-0.05, 0) is 26.8 Å². The van der Waals surface area contributed by atoms with Crippen molar-refractivity contribution in [3.8, 4) is 0 Å². The second-order valence-electron chi connectivity index (χ2n) is 3.62. The van der Waals surface area contributed by atoms with E-state index in [0.717, 1.165) is 6.42 Å². The molecular weight excluding hydrogens is 174 g/mol. The normalized spacial score (nSPS) is 12.9. The first-order valence-corrected chi connectivity index (χ1v) is 4.75. The van der Waals surface area contributed by atoms with Crippen molar-refractivity contribution >= 4 is 0 Å². The van der Waals surface area contributed by atoms with Crippen LogP contribution in [-0.2, 0) is 0 Å². The molecule has 0 aromatic rings. The van der Waals surface area contributed by atoms with Crippen molar-refractivity contribution in [2.24, 2.45) is 5.73 Å². The molecule has 0 unspecified atom stereocenters. The average molecular weight is 194 g/mol. The van der Waals surface area contributed by atoms with Gasteiger partial charge >= 0.3 is 0 Å². The molecule has 0 bridgehead atoms. The molecule has 0 atom stereocenters. The summed E-state index contributed by atoms with van der Waals surface area (Å²) in [5.74, 6) is -2.75. The molecule has 0 aromatic heterocycles. The molecule has 13 heavy (non-hydrogen) atoms. The molecule has 2 nitrogen and oxygen atoms in total. The molecule has 2 N–H and O–H groups in total.